The van der Waals surface area contributed by atoms with Crippen molar-refractivity contribution in [3.63, 3.8) is 0 Å². The number of thiazole rings is 1. The summed E-state index contributed by atoms with van der Waals surface area (Å²) in [5, 5.41) is 10.8. The summed E-state index contributed by atoms with van der Waals surface area (Å²) in [6, 6.07) is 55.5. The number of fused-ring (bicyclic) bond motifs is 9. The molecular formula is C46H26N4S2. The van der Waals surface area contributed by atoms with E-state index in [2.05, 4.69) is 158 Å². The summed E-state index contributed by atoms with van der Waals surface area (Å²) in [5.41, 5.74) is 4.87. The van der Waals surface area contributed by atoms with Crippen LogP contribution in [0.3, 0.4) is 0 Å². The van der Waals surface area contributed by atoms with Crippen molar-refractivity contribution < 1.29 is 0 Å². The highest BCUT2D eigenvalue weighted by atomic mass is 32.1. The summed E-state index contributed by atoms with van der Waals surface area (Å²) in [4.78, 5) is 20.5. The van der Waals surface area contributed by atoms with Gasteiger partial charge in [-0.25, -0.2) is 19.9 Å². The maximum Gasteiger partial charge on any atom is 0.164 e. The van der Waals surface area contributed by atoms with Crippen molar-refractivity contribution in [2.75, 3.05) is 0 Å². The van der Waals surface area contributed by atoms with E-state index in [1.165, 1.54) is 46.4 Å². The Balaban J connectivity index is 1.07. The first kappa shape index (κ1) is 29.4. The quantitative estimate of drug-likeness (QED) is 0.184. The van der Waals surface area contributed by atoms with Gasteiger partial charge in [-0.15, -0.1) is 22.7 Å². The van der Waals surface area contributed by atoms with Crippen LogP contribution in [0.15, 0.2) is 158 Å². The van der Waals surface area contributed by atoms with Gasteiger partial charge in [-0.05, 0) is 68.7 Å². The van der Waals surface area contributed by atoms with Crippen LogP contribution in [0, 0.1) is 0 Å². The third kappa shape index (κ3) is 4.80. The third-order valence-corrected chi connectivity index (χ3v) is 12.2. The highest BCUT2D eigenvalue weighted by Crippen LogP contribution is 2.45. The van der Waals surface area contributed by atoms with Gasteiger partial charge in [-0.3, -0.25) is 0 Å². The number of rotatable bonds is 4. The SMILES string of the molecule is c1cc(-c2nc(-c3ccc4ccccc4c3)nc(-c3ccc4ccccc4c3)n2)cc(-c2nc3ccc4sc5ccc6ccccc6c5c4c3s2)c1. The van der Waals surface area contributed by atoms with Crippen molar-refractivity contribution >= 4 is 85.4 Å². The normalized spacial score (nSPS) is 11.8. The molecule has 0 atom stereocenters. The molecule has 0 aliphatic heterocycles. The monoisotopic (exact) mass is 698 g/mol. The van der Waals surface area contributed by atoms with E-state index in [9.17, 15) is 0 Å². The van der Waals surface area contributed by atoms with Crippen LogP contribution in [0.25, 0.3) is 107 Å². The lowest BCUT2D eigenvalue weighted by atomic mass is 10.0. The van der Waals surface area contributed by atoms with Crippen molar-refractivity contribution in [2.24, 2.45) is 0 Å². The van der Waals surface area contributed by atoms with Gasteiger partial charge >= 0.3 is 0 Å². The summed E-state index contributed by atoms with van der Waals surface area (Å²) in [5.74, 6) is 1.91. The first-order chi connectivity index (χ1) is 25.7. The Morgan fingerprint density at radius 2 is 0.885 bits per heavy atom. The Kier molecular flexibility index (Phi) is 6.56. The molecule has 8 aromatic carbocycles. The van der Waals surface area contributed by atoms with Gasteiger partial charge < -0.3 is 0 Å². The van der Waals surface area contributed by atoms with Crippen molar-refractivity contribution in [3.05, 3.63) is 158 Å². The number of hydrogen-bond acceptors (Lipinski definition) is 6. The number of benzene rings is 8. The van der Waals surface area contributed by atoms with Crippen LogP contribution < -0.4 is 0 Å². The molecule has 3 heterocycles. The maximum atomic E-state index is 5.19. The number of thiophene rings is 1. The van der Waals surface area contributed by atoms with Gasteiger partial charge in [0.05, 0.1) is 10.2 Å². The molecule has 52 heavy (non-hydrogen) atoms. The van der Waals surface area contributed by atoms with Gasteiger partial charge in [0, 0.05) is 42.4 Å². The van der Waals surface area contributed by atoms with E-state index in [-0.39, 0.29) is 0 Å². The minimum Gasteiger partial charge on any atom is -0.236 e. The molecular weight excluding hydrogens is 673 g/mol. The van der Waals surface area contributed by atoms with E-state index >= 15 is 0 Å². The van der Waals surface area contributed by atoms with E-state index in [1.807, 2.05) is 11.3 Å². The Morgan fingerprint density at radius 1 is 0.346 bits per heavy atom. The fraction of sp³-hybridized carbons (Fsp3) is 0. The molecule has 0 saturated carbocycles. The lowest BCUT2D eigenvalue weighted by molar-refractivity contribution is 1.08. The molecule has 6 heteroatoms. The van der Waals surface area contributed by atoms with Crippen LogP contribution >= 0.6 is 22.7 Å². The average molecular weight is 699 g/mol. The molecule has 11 rings (SSSR count). The second-order valence-corrected chi connectivity index (χ2v) is 15.2. The van der Waals surface area contributed by atoms with E-state index in [0.717, 1.165) is 43.6 Å². The fourth-order valence-electron chi connectivity index (χ4n) is 7.34. The van der Waals surface area contributed by atoms with Gasteiger partial charge in [-0.1, -0.05) is 121 Å². The largest absolute Gasteiger partial charge is 0.236 e. The van der Waals surface area contributed by atoms with Gasteiger partial charge in [-0.2, -0.15) is 0 Å². The zero-order chi connectivity index (χ0) is 34.2. The van der Waals surface area contributed by atoms with Crippen LogP contribution in [0.1, 0.15) is 0 Å². The minimum atomic E-state index is 0.627. The van der Waals surface area contributed by atoms with Gasteiger partial charge in [0.1, 0.15) is 5.01 Å². The molecule has 4 nitrogen and oxygen atoms in total. The van der Waals surface area contributed by atoms with Crippen LogP contribution in [0.4, 0.5) is 0 Å². The molecule has 0 aliphatic carbocycles. The molecule has 0 N–H and O–H groups in total. The molecule has 242 valence electrons. The molecule has 0 bridgehead atoms. The molecule has 0 saturated heterocycles. The number of aromatic nitrogens is 4. The third-order valence-electron chi connectivity index (χ3n) is 9.90. The second kappa shape index (κ2) is 11.6. The van der Waals surface area contributed by atoms with E-state index in [4.69, 9.17) is 19.9 Å². The van der Waals surface area contributed by atoms with Crippen LogP contribution in [-0.4, -0.2) is 19.9 Å². The zero-order valence-corrected chi connectivity index (χ0v) is 29.2. The molecule has 0 spiro atoms. The second-order valence-electron chi connectivity index (χ2n) is 13.1. The summed E-state index contributed by atoms with van der Waals surface area (Å²) in [7, 11) is 0. The molecule has 0 amide bonds. The van der Waals surface area contributed by atoms with Crippen LogP contribution in [0.2, 0.25) is 0 Å². The van der Waals surface area contributed by atoms with E-state index in [0.29, 0.717) is 17.5 Å². The van der Waals surface area contributed by atoms with E-state index < -0.39 is 0 Å². The molecule has 0 radical (unpaired) electrons. The molecule has 0 unspecified atom stereocenters. The maximum absolute atomic E-state index is 5.19. The summed E-state index contributed by atoms with van der Waals surface area (Å²) in [6.45, 7) is 0. The van der Waals surface area contributed by atoms with Gasteiger partial charge in [0.2, 0.25) is 0 Å². The lowest BCUT2D eigenvalue weighted by Crippen LogP contribution is -2.00. The molecule has 3 aromatic heterocycles. The van der Waals surface area contributed by atoms with Gasteiger partial charge in [0.25, 0.3) is 0 Å². The van der Waals surface area contributed by atoms with Crippen LogP contribution in [-0.2, 0) is 0 Å². The predicted molar refractivity (Wildman–Crippen MR) is 220 cm³/mol. The minimum absolute atomic E-state index is 0.627. The van der Waals surface area contributed by atoms with Crippen molar-refractivity contribution in [1.29, 1.82) is 0 Å². The van der Waals surface area contributed by atoms with Crippen molar-refractivity contribution in [2.45, 2.75) is 0 Å². The number of hydrogen-bond donors (Lipinski definition) is 0. The lowest BCUT2D eigenvalue weighted by Gasteiger charge is -2.10. The molecule has 0 fully saturated rings. The highest BCUT2D eigenvalue weighted by Gasteiger charge is 2.18. The number of nitrogens with zero attached hydrogens (tertiary/aromatic N) is 4. The standard InChI is InChI=1S/C46H26N4S2/c1-3-11-30-24-33(18-16-27(30)8-1)44-48-43(49-45(50-44)34-19-17-28-9-2-4-12-31(28)25-34)32-13-7-14-35(26-32)46-47-37-21-23-39-41(42(37)52-46)40-36-15-6-5-10-29(36)20-22-38(40)51-39/h1-26H. The van der Waals surface area contributed by atoms with Crippen molar-refractivity contribution in [1.82, 2.24) is 19.9 Å². The zero-order valence-electron chi connectivity index (χ0n) is 27.6. The Hall–Kier alpha value is -6.34. The average Bonchev–Trinajstić information content (AvgIpc) is 3.83. The smallest absolute Gasteiger partial charge is 0.164 e. The van der Waals surface area contributed by atoms with Gasteiger partial charge in [0.15, 0.2) is 17.5 Å². The fourth-order valence-corrected chi connectivity index (χ4v) is 9.65. The summed E-state index contributed by atoms with van der Waals surface area (Å²) in [6.07, 6.45) is 0. The first-order valence-corrected chi connectivity index (χ1v) is 18.8. The Labute approximate surface area is 306 Å². The van der Waals surface area contributed by atoms with Crippen LogP contribution in [0.5, 0.6) is 0 Å². The first-order valence-electron chi connectivity index (χ1n) is 17.2. The van der Waals surface area contributed by atoms with E-state index in [1.54, 1.807) is 11.3 Å². The summed E-state index contributed by atoms with van der Waals surface area (Å²) < 4.78 is 3.81. The predicted octanol–water partition coefficient (Wildman–Crippen LogP) is 13.0. The summed E-state index contributed by atoms with van der Waals surface area (Å²) >= 11 is 3.61. The topological polar surface area (TPSA) is 51.6 Å². The Morgan fingerprint density at radius 3 is 1.58 bits per heavy atom. The van der Waals surface area contributed by atoms with Crippen molar-refractivity contribution in [3.8, 4) is 44.7 Å². The highest BCUT2D eigenvalue weighted by molar-refractivity contribution is 7.28. The molecule has 0 aliphatic rings. The Bertz CT molecular complexity index is 3120. The molecule has 11 aromatic rings.